The largest absolute Gasteiger partial charge is 0.327 e. The lowest BCUT2D eigenvalue weighted by atomic mass is 10.1. The molecule has 0 amide bonds. The van der Waals surface area contributed by atoms with Gasteiger partial charge in [-0.1, -0.05) is 24.3 Å². The van der Waals surface area contributed by atoms with Crippen molar-refractivity contribution in [2.24, 2.45) is 5.73 Å². The summed E-state index contributed by atoms with van der Waals surface area (Å²) in [7, 11) is 0. The second-order valence-electron chi connectivity index (χ2n) is 4.68. The van der Waals surface area contributed by atoms with Gasteiger partial charge >= 0.3 is 0 Å². The Bertz CT molecular complexity index is 357. The molecule has 0 spiro atoms. The summed E-state index contributed by atoms with van der Waals surface area (Å²) in [4.78, 5) is 2.28. The Labute approximate surface area is 113 Å². The molecule has 0 saturated carbocycles. The number of benzene rings is 1. The summed E-state index contributed by atoms with van der Waals surface area (Å²) >= 11 is 0. The molecule has 5 heteroatoms. The highest BCUT2D eigenvalue weighted by atomic mass is 35.5. The summed E-state index contributed by atoms with van der Waals surface area (Å²) in [6, 6.07) is 6.82. The molecule has 1 aromatic carbocycles. The van der Waals surface area contributed by atoms with Crippen LogP contribution in [0.2, 0.25) is 0 Å². The van der Waals surface area contributed by atoms with Crippen molar-refractivity contribution in [3.05, 3.63) is 35.4 Å². The molecule has 1 saturated heterocycles. The summed E-state index contributed by atoms with van der Waals surface area (Å²) in [5.74, 6) is 0. The van der Waals surface area contributed by atoms with Crippen LogP contribution in [0.1, 0.15) is 30.4 Å². The van der Waals surface area contributed by atoms with Crippen molar-refractivity contribution < 1.29 is 8.78 Å². The number of halogens is 3. The summed E-state index contributed by atoms with van der Waals surface area (Å²) in [5.41, 5.74) is 7.06. The third kappa shape index (κ3) is 4.19. The van der Waals surface area contributed by atoms with Crippen LogP contribution in [0.5, 0.6) is 0 Å². The smallest absolute Gasteiger partial charge is 0.263 e. The molecule has 0 aromatic heterocycles. The zero-order valence-corrected chi connectivity index (χ0v) is 11.0. The summed E-state index contributed by atoms with van der Waals surface area (Å²) in [5, 5.41) is 0. The molecule has 102 valence electrons. The Balaban J connectivity index is 0.00000162. The van der Waals surface area contributed by atoms with E-state index in [1.807, 2.05) is 0 Å². The number of nitrogens with two attached hydrogens (primary N) is 1. The van der Waals surface area contributed by atoms with E-state index in [9.17, 15) is 8.78 Å². The van der Waals surface area contributed by atoms with Gasteiger partial charge in [-0.25, -0.2) is 8.78 Å². The number of hydrogen-bond acceptors (Lipinski definition) is 2. The van der Waals surface area contributed by atoms with Gasteiger partial charge in [0.15, 0.2) is 0 Å². The number of nitrogens with zero attached hydrogens (tertiary/aromatic N) is 1. The maximum Gasteiger partial charge on any atom is 0.263 e. The topological polar surface area (TPSA) is 29.3 Å². The van der Waals surface area contributed by atoms with E-state index in [0.717, 1.165) is 38.0 Å². The number of alkyl halides is 2. The molecule has 1 aliphatic rings. The van der Waals surface area contributed by atoms with Gasteiger partial charge in [-0.3, -0.25) is 4.90 Å². The highest BCUT2D eigenvalue weighted by Gasteiger charge is 2.16. The maximum atomic E-state index is 12.4. The third-order valence-electron chi connectivity index (χ3n) is 3.18. The predicted octanol–water partition coefficient (Wildman–Crippen LogP) is 2.97. The molecule has 0 unspecified atom stereocenters. The van der Waals surface area contributed by atoms with Gasteiger partial charge in [-0.05, 0) is 24.9 Å². The Kier molecular flexibility index (Phi) is 5.99. The van der Waals surface area contributed by atoms with Gasteiger partial charge in [-0.2, -0.15) is 0 Å². The standard InChI is InChI=1S/C13H18F2N2.ClH/c14-13(15)11-5-3-10(4-6-11)8-17-7-1-2-12(16)9-17;/h3-6,12-13H,1-2,7-9,16H2;1H/t12-;/m1./s1. The number of piperidine rings is 1. The van der Waals surface area contributed by atoms with Crippen molar-refractivity contribution in [1.82, 2.24) is 4.90 Å². The first-order valence-corrected chi connectivity index (χ1v) is 6.00. The molecule has 0 bridgehead atoms. The molecule has 18 heavy (non-hydrogen) atoms. The summed E-state index contributed by atoms with van der Waals surface area (Å²) < 4.78 is 24.8. The van der Waals surface area contributed by atoms with Crippen molar-refractivity contribution in [2.75, 3.05) is 13.1 Å². The van der Waals surface area contributed by atoms with E-state index in [1.54, 1.807) is 12.1 Å². The molecular weight excluding hydrogens is 258 g/mol. The van der Waals surface area contributed by atoms with Gasteiger partial charge in [0.2, 0.25) is 0 Å². The fourth-order valence-electron chi connectivity index (χ4n) is 2.26. The van der Waals surface area contributed by atoms with Crippen LogP contribution in [-0.4, -0.2) is 24.0 Å². The average molecular weight is 277 g/mol. The lowest BCUT2D eigenvalue weighted by molar-refractivity contribution is 0.151. The highest BCUT2D eigenvalue weighted by molar-refractivity contribution is 5.85. The molecule has 0 aliphatic carbocycles. The molecule has 1 heterocycles. The lowest BCUT2D eigenvalue weighted by Gasteiger charge is -2.30. The van der Waals surface area contributed by atoms with Crippen LogP contribution in [-0.2, 0) is 6.54 Å². The second-order valence-corrected chi connectivity index (χ2v) is 4.68. The fraction of sp³-hybridized carbons (Fsp3) is 0.538. The minimum atomic E-state index is -2.38. The first kappa shape index (κ1) is 15.3. The van der Waals surface area contributed by atoms with E-state index in [-0.39, 0.29) is 24.0 Å². The van der Waals surface area contributed by atoms with Gasteiger partial charge in [0, 0.05) is 24.7 Å². The van der Waals surface area contributed by atoms with Crippen LogP contribution in [0.4, 0.5) is 8.78 Å². The van der Waals surface area contributed by atoms with Crippen LogP contribution in [0, 0.1) is 0 Å². The van der Waals surface area contributed by atoms with Crippen molar-refractivity contribution in [3.63, 3.8) is 0 Å². The minimum Gasteiger partial charge on any atom is -0.327 e. The van der Waals surface area contributed by atoms with Crippen molar-refractivity contribution in [2.45, 2.75) is 31.9 Å². The number of rotatable bonds is 3. The Morgan fingerprint density at radius 1 is 1.28 bits per heavy atom. The molecule has 2 nitrogen and oxygen atoms in total. The Hall–Kier alpha value is -0.710. The minimum absolute atomic E-state index is 0. The highest BCUT2D eigenvalue weighted by Crippen LogP contribution is 2.20. The first-order chi connectivity index (χ1) is 8.15. The van der Waals surface area contributed by atoms with Gasteiger partial charge in [0.05, 0.1) is 0 Å². The monoisotopic (exact) mass is 276 g/mol. The van der Waals surface area contributed by atoms with Crippen LogP contribution in [0.15, 0.2) is 24.3 Å². The molecule has 1 aromatic rings. The van der Waals surface area contributed by atoms with E-state index in [2.05, 4.69) is 4.90 Å². The van der Waals surface area contributed by atoms with Gasteiger partial charge in [0.25, 0.3) is 6.43 Å². The van der Waals surface area contributed by atoms with Crippen LogP contribution in [0.3, 0.4) is 0 Å². The predicted molar refractivity (Wildman–Crippen MR) is 71.1 cm³/mol. The van der Waals surface area contributed by atoms with Crippen LogP contribution < -0.4 is 5.73 Å². The van der Waals surface area contributed by atoms with E-state index < -0.39 is 6.43 Å². The number of likely N-dealkylation sites (tertiary alicyclic amines) is 1. The molecule has 1 atom stereocenters. The average Bonchev–Trinajstić information content (AvgIpc) is 2.29. The Morgan fingerprint density at radius 3 is 2.50 bits per heavy atom. The molecule has 0 radical (unpaired) electrons. The quantitative estimate of drug-likeness (QED) is 0.920. The van der Waals surface area contributed by atoms with Gasteiger partial charge in [0.1, 0.15) is 0 Å². The SMILES string of the molecule is Cl.N[C@@H]1CCCN(Cc2ccc(C(F)F)cc2)C1. The third-order valence-corrected chi connectivity index (χ3v) is 3.18. The first-order valence-electron chi connectivity index (χ1n) is 6.00. The molecule has 2 rings (SSSR count). The van der Waals surface area contributed by atoms with E-state index in [4.69, 9.17) is 5.73 Å². The molecular formula is C13H19ClF2N2. The Morgan fingerprint density at radius 2 is 1.94 bits per heavy atom. The van der Waals surface area contributed by atoms with Gasteiger partial charge in [-0.15, -0.1) is 12.4 Å². The summed E-state index contributed by atoms with van der Waals surface area (Å²) in [6.45, 7) is 2.75. The van der Waals surface area contributed by atoms with Crippen molar-refractivity contribution in [3.8, 4) is 0 Å². The van der Waals surface area contributed by atoms with E-state index >= 15 is 0 Å². The molecule has 1 aliphatic heterocycles. The second kappa shape index (κ2) is 7.02. The zero-order valence-electron chi connectivity index (χ0n) is 10.2. The lowest BCUT2D eigenvalue weighted by Crippen LogP contribution is -2.42. The fourth-order valence-corrected chi connectivity index (χ4v) is 2.26. The zero-order chi connectivity index (χ0) is 12.3. The molecule has 1 fully saturated rings. The van der Waals surface area contributed by atoms with Gasteiger partial charge < -0.3 is 5.73 Å². The van der Waals surface area contributed by atoms with Crippen molar-refractivity contribution >= 4 is 12.4 Å². The van der Waals surface area contributed by atoms with E-state index in [0.29, 0.717) is 0 Å². The number of hydrogen-bond donors (Lipinski definition) is 1. The molecule has 2 N–H and O–H groups in total. The normalized spacial score (nSPS) is 20.8. The van der Waals surface area contributed by atoms with E-state index in [1.165, 1.54) is 12.1 Å². The summed E-state index contributed by atoms with van der Waals surface area (Å²) in [6.07, 6.45) is -0.177. The maximum absolute atomic E-state index is 12.4. The van der Waals surface area contributed by atoms with Crippen LogP contribution >= 0.6 is 12.4 Å². The van der Waals surface area contributed by atoms with Crippen molar-refractivity contribution in [1.29, 1.82) is 0 Å². The van der Waals surface area contributed by atoms with Crippen LogP contribution in [0.25, 0.3) is 0 Å².